The maximum absolute atomic E-state index is 11.4. The van der Waals surface area contributed by atoms with E-state index in [1.807, 2.05) is 19.1 Å². The van der Waals surface area contributed by atoms with Crippen LogP contribution in [0.4, 0.5) is 17.5 Å². The summed E-state index contributed by atoms with van der Waals surface area (Å²) in [5, 5.41) is 26.0. The van der Waals surface area contributed by atoms with Gasteiger partial charge in [0.2, 0.25) is 5.95 Å². The van der Waals surface area contributed by atoms with Gasteiger partial charge in [-0.1, -0.05) is 6.07 Å². The highest BCUT2D eigenvalue weighted by Crippen LogP contribution is 2.46. The second kappa shape index (κ2) is 8.94. The summed E-state index contributed by atoms with van der Waals surface area (Å²) in [5.41, 5.74) is 3.47. The first-order valence-electron chi connectivity index (χ1n) is 12.6. The minimum absolute atomic E-state index is 0.0143. The number of aliphatic hydroxyl groups excluding tert-OH is 1. The number of pyridine rings is 1. The lowest BCUT2D eigenvalue weighted by Crippen LogP contribution is -2.41. The molecule has 10 nitrogen and oxygen atoms in total. The van der Waals surface area contributed by atoms with Gasteiger partial charge in [-0.05, 0) is 50.3 Å². The minimum atomic E-state index is -0.387. The zero-order valence-electron chi connectivity index (χ0n) is 20.3. The molecule has 3 atom stereocenters. The molecule has 2 saturated heterocycles. The van der Waals surface area contributed by atoms with Crippen LogP contribution in [0, 0.1) is 22.5 Å². The number of hydrogen-bond donors (Lipinski definition) is 2. The van der Waals surface area contributed by atoms with Crippen LogP contribution in [-0.4, -0.2) is 57.4 Å². The second-order valence-electron chi connectivity index (χ2n) is 10.4. The Morgan fingerprint density at radius 1 is 1.31 bits per heavy atom. The summed E-state index contributed by atoms with van der Waals surface area (Å²) in [5.74, 6) is 1.36. The maximum atomic E-state index is 11.4. The van der Waals surface area contributed by atoms with Gasteiger partial charge in [0, 0.05) is 53.7 Å². The molecule has 2 fully saturated rings. The molecular weight excluding hydrogens is 460 g/mol. The van der Waals surface area contributed by atoms with Crippen molar-refractivity contribution in [3.05, 3.63) is 57.4 Å². The first-order chi connectivity index (χ1) is 17.5. The summed E-state index contributed by atoms with van der Waals surface area (Å²) >= 11 is 0. The Kier molecular flexibility index (Phi) is 5.72. The number of rotatable bonds is 6. The number of aliphatic hydroxyl groups is 1. The molecule has 36 heavy (non-hydrogen) atoms. The van der Waals surface area contributed by atoms with Crippen LogP contribution in [0.3, 0.4) is 0 Å². The standard InChI is InChI=1S/C26H30N6O4/c1-16-3-5-19-22(9-16)29-25(30-24(19)28-13-26(14-33)7-2-8-36-15-26)31-17-4-6-23(31)20-10-18(32(34)35)12-27-21(20)11-17/h3,5,9-10,12,17,23,33H,2,4,6-8,11,13-15H2,1H3,(H,28,29,30). The van der Waals surface area contributed by atoms with Crippen molar-refractivity contribution >= 4 is 28.4 Å². The highest BCUT2D eigenvalue weighted by Gasteiger charge is 2.43. The van der Waals surface area contributed by atoms with Crippen molar-refractivity contribution < 1.29 is 14.8 Å². The van der Waals surface area contributed by atoms with Gasteiger partial charge in [0.1, 0.15) is 12.0 Å². The molecule has 0 aliphatic carbocycles. The molecule has 0 radical (unpaired) electrons. The monoisotopic (exact) mass is 490 g/mol. The van der Waals surface area contributed by atoms with E-state index in [-0.39, 0.29) is 34.7 Å². The van der Waals surface area contributed by atoms with Crippen molar-refractivity contribution in [2.45, 2.75) is 51.1 Å². The molecule has 3 unspecified atom stereocenters. The third kappa shape index (κ3) is 3.94. The number of aryl methyl sites for hydroxylation is 1. The molecule has 2 aromatic heterocycles. The van der Waals surface area contributed by atoms with E-state index in [1.165, 1.54) is 6.20 Å². The van der Waals surface area contributed by atoms with Crippen LogP contribution in [0.5, 0.6) is 0 Å². The first-order valence-corrected chi connectivity index (χ1v) is 12.6. The summed E-state index contributed by atoms with van der Waals surface area (Å²) in [4.78, 5) is 27.7. The normalized spacial score (nSPS) is 25.1. The van der Waals surface area contributed by atoms with Crippen LogP contribution >= 0.6 is 0 Å². The fraction of sp³-hybridized carbons (Fsp3) is 0.500. The van der Waals surface area contributed by atoms with E-state index in [1.54, 1.807) is 6.07 Å². The minimum Gasteiger partial charge on any atom is -0.396 e. The molecule has 188 valence electrons. The lowest BCUT2D eigenvalue weighted by atomic mass is 9.83. The van der Waals surface area contributed by atoms with E-state index in [9.17, 15) is 15.2 Å². The molecule has 3 aromatic rings. The highest BCUT2D eigenvalue weighted by atomic mass is 16.6. The van der Waals surface area contributed by atoms with Gasteiger partial charge in [-0.3, -0.25) is 15.1 Å². The van der Waals surface area contributed by atoms with Crippen LogP contribution in [-0.2, 0) is 11.2 Å². The van der Waals surface area contributed by atoms with Crippen LogP contribution in [0.1, 0.15) is 48.5 Å². The molecule has 2 bridgehead atoms. The molecule has 5 heterocycles. The van der Waals surface area contributed by atoms with Gasteiger partial charge in [0.25, 0.3) is 5.69 Å². The van der Waals surface area contributed by atoms with Crippen molar-refractivity contribution in [3.63, 3.8) is 0 Å². The summed E-state index contributed by atoms with van der Waals surface area (Å²) in [7, 11) is 0. The Morgan fingerprint density at radius 3 is 2.97 bits per heavy atom. The Labute approximate surface area is 208 Å². The molecule has 0 amide bonds. The van der Waals surface area contributed by atoms with Crippen molar-refractivity contribution in [2.24, 2.45) is 5.41 Å². The molecule has 1 aromatic carbocycles. The second-order valence-corrected chi connectivity index (χ2v) is 10.4. The number of benzene rings is 1. The van der Waals surface area contributed by atoms with Gasteiger partial charge in [-0.2, -0.15) is 4.98 Å². The van der Waals surface area contributed by atoms with E-state index in [2.05, 4.69) is 21.3 Å². The predicted octanol–water partition coefficient (Wildman–Crippen LogP) is 3.71. The van der Waals surface area contributed by atoms with Gasteiger partial charge in [0.05, 0.1) is 29.7 Å². The van der Waals surface area contributed by atoms with Crippen LogP contribution < -0.4 is 10.2 Å². The van der Waals surface area contributed by atoms with E-state index >= 15 is 0 Å². The average molecular weight is 491 g/mol. The molecule has 6 rings (SSSR count). The van der Waals surface area contributed by atoms with Crippen LogP contribution in [0.25, 0.3) is 10.9 Å². The van der Waals surface area contributed by atoms with E-state index in [0.29, 0.717) is 25.5 Å². The zero-order chi connectivity index (χ0) is 24.9. The third-order valence-corrected chi connectivity index (χ3v) is 7.93. The Bertz CT molecular complexity index is 1330. The Morgan fingerprint density at radius 2 is 2.19 bits per heavy atom. The summed E-state index contributed by atoms with van der Waals surface area (Å²) in [6.45, 7) is 3.89. The zero-order valence-corrected chi connectivity index (χ0v) is 20.3. The average Bonchev–Trinajstić information content (AvgIpc) is 3.21. The number of fused-ring (bicyclic) bond motifs is 5. The molecule has 0 saturated carbocycles. The number of ether oxygens (including phenoxy) is 1. The number of aromatic nitrogens is 3. The predicted molar refractivity (Wildman–Crippen MR) is 135 cm³/mol. The Hall–Kier alpha value is -3.37. The number of nitrogens with zero attached hydrogens (tertiary/aromatic N) is 5. The van der Waals surface area contributed by atoms with Gasteiger partial charge in [-0.25, -0.2) is 4.98 Å². The fourth-order valence-electron chi connectivity index (χ4n) is 5.95. The molecule has 0 spiro atoms. The van der Waals surface area contributed by atoms with Crippen molar-refractivity contribution in [1.82, 2.24) is 15.0 Å². The van der Waals surface area contributed by atoms with Crippen molar-refractivity contribution in [1.29, 1.82) is 0 Å². The topological polar surface area (TPSA) is 127 Å². The third-order valence-electron chi connectivity index (χ3n) is 7.93. The van der Waals surface area contributed by atoms with Gasteiger partial charge < -0.3 is 20.1 Å². The maximum Gasteiger partial charge on any atom is 0.287 e. The van der Waals surface area contributed by atoms with Crippen molar-refractivity contribution in [3.8, 4) is 0 Å². The molecule has 3 aliphatic rings. The smallest absolute Gasteiger partial charge is 0.287 e. The van der Waals surface area contributed by atoms with E-state index in [0.717, 1.165) is 65.8 Å². The largest absolute Gasteiger partial charge is 0.396 e. The van der Waals surface area contributed by atoms with Gasteiger partial charge in [0.15, 0.2) is 0 Å². The number of hydrogen-bond acceptors (Lipinski definition) is 9. The summed E-state index contributed by atoms with van der Waals surface area (Å²) < 4.78 is 5.69. The van der Waals surface area contributed by atoms with Crippen molar-refractivity contribution in [2.75, 3.05) is 36.6 Å². The summed E-state index contributed by atoms with van der Waals surface area (Å²) in [6, 6.07) is 7.96. The molecule has 3 aliphatic heterocycles. The molecular formula is C26H30N6O4. The SMILES string of the molecule is Cc1ccc2c(NCC3(CO)CCCOC3)nc(N3C4CCC3c3cc([N+](=O)[O-])cnc3C4)nc2c1. The van der Waals surface area contributed by atoms with Crippen LogP contribution in [0.15, 0.2) is 30.5 Å². The van der Waals surface area contributed by atoms with Gasteiger partial charge >= 0.3 is 0 Å². The van der Waals surface area contributed by atoms with Crippen LogP contribution in [0.2, 0.25) is 0 Å². The lowest BCUT2D eigenvalue weighted by Gasteiger charge is -2.37. The fourth-order valence-corrected chi connectivity index (χ4v) is 5.95. The Balaban J connectivity index is 1.39. The van der Waals surface area contributed by atoms with Gasteiger partial charge in [-0.15, -0.1) is 0 Å². The highest BCUT2D eigenvalue weighted by molar-refractivity contribution is 5.90. The first kappa shape index (κ1) is 23.1. The lowest BCUT2D eigenvalue weighted by molar-refractivity contribution is -0.385. The molecule has 2 N–H and O–H groups in total. The number of nitro groups is 1. The van der Waals surface area contributed by atoms with E-state index < -0.39 is 0 Å². The molecule has 10 heteroatoms. The quantitative estimate of drug-likeness (QED) is 0.393. The summed E-state index contributed by atoms with van der Waals surface area (Å²) in [6.07, 6.45) is 5.73. The number of nitrogens with one attached hydrogen (secondary N) is 1. The number of anilines is 2. The van der Waals surface area contributed by atoms with E-state index in [4.69, 9.17) is 14.7 Å².